The van der Waals surface area contributed by atoms with Crippen LogP contribution in [0.2, 0.25) is 10.0 Å². The zero-order valence-corrected chi connectivity index (χ0v) is 18.5. The molecule has 1 fully saturated rings. The van der Waals surface area contributed by atoms with Crippen LogP contribution in [0.15, 0.2) is 41.6 Å². The van der Waals surface area contributed by atoms with Gasteiger partial charge in [0.1, 0.15) is 5.75 Å². The van der Waals surface area contributed by atoms with Gasteiger partial charge in [-0.05, 0) is 62.1 Å². The number of hydrogen-bond acceptors (Lipinski definition) is 5. The van der Waals surface area contributed by atoms with Gasteiger partial charge >= 0.3 is 0 Å². The predicted octanol–water partition coefficient (Wildman–Crippen LogP) is 5.10. The van der Waals surface area contributed by atoms with E-state index in [9.17, 15) is 0 Å². The minimum Gasteiger partial charge on any atom is -0.494 e. The average Bonchev–Trinajstić information content (AvgIpc) is 3.18. The van der Waals surface area contributed by atoms with Crippen molar-refractivity contribution in [3.63, 3.8) is 0 Å². The summed E-state index contributed by atoms with van der Waals surface area (Å²) in [4.78, 5) is 4.81. The molecule has 1 saturated heterocycles. The van der Waals surface area contributed by atoms with E-state index < -0.39 is 0 Å². The zero-order valence-electron chi connectivity index (χ0n) is 17.0. The Hall–Kier alpha value is -1.95. The van der Waals surface area contributed by atoms with Crippen LogP contribution in [0.25, 0.3) is 0 Å². The first-order valence-electron chi connectivity index (χ1n) is 10.5. The Morgan fingerprint density at radius 2 is 1.83 bits per heavy atom. The fourth-order valence-electron chi connectivity index (χ4n) is 4.20. The lowest BCUT2D eigenvalue weighted by Gasteiger charge is -2.36. The minimum atomic E-state index is 0.611. The SMILES string of the molecule is O/N=C1\CCc2ccc(OCCCCN3CCN(c4cccc(Cl)c4Cl)CC3)cc21. The number of unbranched alkanes of at least 4 members (excludes halogenated alkanes) is 1. The number of nitrogens with zero attached hydrogens (tertiary/aromatic N) is 3. The van der Waals surface area contributed by atoms with E-state index >= 15 is 0 Å². The lowest BCUT2D eigenvalue weighted by atomic mass is 10.1. The van der Waals surface area contributed by atoms with Gasteiger partial charge in [0, 0.05) is 31.7 Å². The number of hydrogen-bond donors (Lipinski definition) is 1. The molecule has 5 nitrogen and oxygen atoms in total. The first-order valence-corrected chi connectivity index (χ1v) is 11.3. The van der Waals surface area contributed by atoms with Gasteiger partial charge in [-0.15, -0.1) is 0 Å². The van der Waals surface area contributed by atoms with Gasteiger partial charge in [0.2, 0.25) is 0 Å². The molecule has 1 N–H and O–H groups in total. The molecule has 1 heterocycles. The zero-order chi connectivity index (χ0) is 20.9. The maximum atomic E-state index is 9.11. The maximum absolute atomic E-state index is 9.11. The van der Waals surface area contributed by atoms with E-state index in [1.165, 1.54) is 5.56 Å². The summed E-state index contributed by atoms with van der Waals surface area (Å²) in [5.41, 5.74) is 4.04. The third kappa shape index (κ3) is 4.85. The van der Waals surface area contributed by atoms with Crippen LogP contribution in [0.5, 0.6) is 5.75 Å². The molecule has 4 rings (SSSR count). The Labute approximate surface area is 187 Å². The Morgan fingerprint density at radius 1 is 1.00 bits per heavy atom. The Bertz CT molecular complexity index is 911. The molecule has 0 unspecified atom stereocenters. The normalized spacial score (nSPS) is 18.1. The molecule has 0 atom stereocenters. The van der Waals surface area contributed by atoms with Crippen molar-refractivity contribution in [3.05, 3.63) is 57.6 Å². The smallest absolute Gasteiger partial charge is 0.119 e. The highest BCUT2D eigenvalue weighted by atomic mass is 35.5. The van der Waals surface area contributed by atoms with Crippen molar-refractivity contribution in [3.8, 4) is 5.75 Å². The van der Waals surface area contributed by atoms with E-state index in [-0.39, 0.29) is 0 Å². The highest BCUT2D eigenvalue weighted by Gasteiger charge is 2.20. The molecule has 7 heteroatoms. The van der Waals surface area contributed by atoms with E-state index in [4.69, 9.17) is 33.1 Å². The number of rotatable bonds is 7. The van der Waals surface area contributed by atoms with Gasteiger partial charge in [0.15, 0.2) is 0 Å². The summed E-state index contributed by atoms with van der Waals surface area (Å²) in [6.45, 7) is 5.74. The predicted molar refractivity (Wildman–Crippen MR) is 123 cm³/mol. The third-order valence-corrected chi connectivity index (χ3v) is 6.73. The molecule has 0 aromatic heterocycles. The molecule has 1 aliphatic heterocycles. The number of piperazine rings is 1. The Morgan fingerprint density at radius 3 is 2.63 bits per heavy atom. The summed E-state index contributed by atoms with van der Waals surface area (Å²) in [6, 6.07) is 11.9. The van der Waals surface area contributed by atoms with Crippen LogP contribution in [0.1, 0.15) is 30.4 Å². The van der Waals surface area contributed by atoms with Crippen molar-refractivity contribution < 1.29 is 9.94 Å². The first-order chi connectivity index (χ1) is 14.7. The summed E-state index contributed by atoms with van der Waals surface area (Å²) in [5, 5.41) is 13.8. The molecule has 0 radical (unpaired) electrons. The van der Waals surface area contributed by atoms with E-state index in [1.54, 1.807) is 0 Å². The average molecular weight is 448 g/mol. The third-order valence-electron chi connectivity index (χ3n) is 5.93. The molecule has 2 aromatic rings. The molecule has 2 aliphatic rings. The van der Waals surface area contributed by atoms with Gasteiger partial charge in [-0.2, -0.15) is 0 Å². The maximum Gasteiger partial charge on any atom is 0.119 e. The lowest BCUT2D eigenvalue weighted by Crippen LogP contribution is -2.46. The Kier molecular flexibility index (Phi) is 7.03. The second kappa shape index (κ2) is 9.90. The first kappa shape index (κ1) is 21.3. The molecule has 1 aliphatic carbocycles. The monoisotopic (exact) mass is 447 g/mol. The summed E-state index contributed by atoms with van der Waals surface area (Å²) in [7, 11) is 0. The van der Waals surface area contributed by atoms with Crippen molar-refractivity contribution in [1.82, 2.24) is 4.90 Å². The van der Waals surface area contributed by atoms with E-state index in [1.807, 2.05) is 30.3 Å². The number of halogens is 2. The van der Waals surface area contributed by atoms with Crippen molar-refractivity contribution in [2.24, 2.45) is 5.16 Å². The van der Waals surface area contributed by atoms with Gasteiger partial charge in [0.25, 0.3) is 0 Å². The summed E-state index contributed by atoms with van der Waals surface area (Å²) >= 11 is 12.5. The van der Waals surface area contributed by atoms with Crippen molar-refractivity contribution in [1.29, 1.82) is 0 Å². The topological polar surface area (TPSA) is 48.3 Å². The molecular formula is C23H27Cl2N3O2. The highest BCUT2D eigenvalue weighted by molar-refractivity contribution is 6.43. The number of oxime groups is 1. The molecule has 160 valence electrons. The molecule has 0 amide bonds. The van der Waals surface area contributed by atoms with Crippen LogP contribution >= 0.6 is 23.2 Å². The van der Waals surface area contributed by atoms with Gasteiger partial charge in [-0.3, -0.25) is 4.90 Å². The number of aryl methyl sites for hydroxylation is 1. The van der Waals surface area contributed by atoms with Crippen molar-refractivity contribution >= 4 is 34.6 Å². The second-order valence-corrected chi connectivity index (χ2v) is 8.61. The van der Waals surface area contributed by atoms with Crippen LogP contribution in [-0.2, 0) is 6.42 Å². The molecule has 0 saturated carbocycles. The van der Waals surface area contributed by atoms with Gasteiger partial charge in [-0.1, -0.05) is 40.5 Å². The standard InChI is InChI=1S/C23H27Cl2N3O2/c24-20-4-3-5-22(23(20)25)28-13-11-27(12-14-28)10-1-2-15-30-18-8-6-17-7-9-21(26-29)19(17)16-18/h3-6,8,16,29H,1-2,7,9-15H2/b26-21+. The molecule has 2 aromatic carbocycles. The summed E-state index contributed by atoms with van der Waals surface area (Å²) in [5.74, 6) is 0.851. The number of benzene rings is 2. The largest absolute Gasteiger partial charge is 0.494 e. The summed E-state index contributed by atoms with van der Waals surface area (Å²) in [6.07, 6.45) is 3.85. The lowest BCUT2D eigenvalue weighted by molar-refractivity contribution is 0.238. The van der Waals surface area contributed by atoms with Crippen molar-refractivity contribution in [2.75, 3.05) is 44.2 Å². The van der Waals surface area contributed by atoms with Crippen LogP contribution in [0, 0.1) is 0 Å². The van der Waals surface area contributed by atoms with Gasteiger partial charge in [0.05, 0.1) is 28.1 Å². The Balaban J connectivity index is 1.17. The number of fused-ring (bicyclic) bond motifs is 1. The summed E-state index contributed by atoms with van der Waals surface area (Å²) < 4.78 is 5.92. The minimum absolute atomic E-state index is 0.611. The molecule has 30 heavy (non-hydrogen) atoms. The number of ether oxygens (including phenoxy) is 1. The highest BCUT2D eigenvalue weighted by Crippen LogP contribution is 2.33. The van der Waals surface area contributed by atoms with Crippen LogP contribution in [-0.4, -0.2) is 55.1 Å². The number of anilines is 1. The van der Waals surface area contributed by atoms with Crippen LogP contribution < -0.4 is 9.64 Å². The quantitative estimate of drug-likeness (QED) is 0.364. The van der Waals surface area contributed by atoms with E-state index in [0.29, 0.717) is 16.7 Å². The van der Waals surface area contributed by atoms with Gasteiger partial charge < -0.3 is 14.8 Å². The fraction of sp³-hybridized carbons (Fsp3) is 0.435. The van der Waals surface area contributed by atoms with E-state index in [0.717, 1.165) is 81.1 Å². The van der Waals surface area contributed by atoms with E-state index in [2.05, 4.69) is 21.0 Å². The van der Waals surface area contributed by atoms with Crippen LogP contribution in [0.4, 0.5) is 5.69 Å². The second-order valence-electron chi connectivity index (χ2n) is 7.82. The van der Waals surface area contributed by atoms with Crippen LogP contribution in [0.3, 0.4) is 0 Å². The molecule has 0 bridgehead atoms. The van der Waals surface area contributed by atoms with Gasteiger partial charge in [-0.25, -0.2) is 0 Å². The molecule has 0 spiro atoms. The van der Waals surface area contributed by atoms with Crippen molar-refractivity contribution in [2.45, 2.75) is 25.7 Å². The molecular weight excluding hydrogens is 421 g/mol. The fourth-order valence-corrected chi connectivity index (χ4v) is 4.62.